The minimum absolute atomic E-state index is 0.0445. The van der Waals surface area contributed by atoms with Gasteiger partial charge < -0.3 is 14.4 Å². The molecule has 0 atom stereocenters. The summed E-state index contributed by atoms with van der Waals surface area (Å²) >= 11 is 0. The monoisotopic (exact) mass is 617 g/mol. The fraction of sp³-hybridized carbons (Fsp3) is 0.289. The number of aromatic nitrogens is 2. The Morgan fingerprint density at radius 3 is 2.17 bits per heavy atom. The average molecular weight is 618 g/mol. The summed E-state index contributed by atoms with van der Waals surface area (Å²) in [5.41, 5.74) is 2.00. The molecule has 236 valence electrons. The molecule has 0 radical (unpaired) electrons. The molecule has 1 heterocycles. The van der Waals surface area contributed by atoms with Crippen LogP contribution in [0, 0.1) is 0 Å². The first-order chi connectivity index (χ1) is 22.5. The van der Waals surface area contributed by atoms with Gasteiger partial charge in [0.2, 0.25) is 0 Å². The van der Waals surface area contributed by atoms with Crippen molar-refractivity contribution in [2.24, 2.45) is 0 Å². The van der Waals surface area contributed by atoms with Gasteiger partial charge in [0.15, 0.2) is 0 Å². The second-order valence-electron chi connectivity index (χ2n) is 11.8. The highest BCUT2D eigenvalue weighted by atomic mass is 16.5. The van der Waals surface area contributed by atoms with Crippen molar-refractivity contribution in [2.45, 2.75) is 57.8 Å². The lowest BCUT2D eigenvalue weighted by Gasteiger charge is -2.35. The van der Waals surface area contributed by atoms with E-state index in [4.69, 9.17) is 9.47 Å². The number of hydrogen-bond donors (Lipinski definition) is 0. The van der Waals surface area contributed by atoms with Gasteiger partial charge in [0.1, 0.15) is 23.6 Å². The molecule has 46 heavy (non-hydrogen) atoms. The maximum Gasteiger partial charge on any atom is 0.331 e. The Hall–Kier alpha value is -5.11. The topological polar surface area (TPSA) is 82.8 Å². The third-order valence-corrected chi connectivity index (χ3v) is 8.80. The van der Waals surface area contributed by atoms with Gasteiger partial charge in [0.05, 0.1) is 19.0 Å². The van der Waals surface area contributed by atoms with Gasteiger partial charge in [0, 0.05) is 24.7 Å². The number of benzene rings is 4. The van der Waals surface area contributed by atoms with Gasteiger partial charge in [0.25, 0.3) is 11.5 Å². The van der Waals surface area contributed by atoms with E-state index in [0.29, 0.717) is 34.5 Å². The fourth-order valence-corrected chi connectivity index (χ4v) is 6.36. The van der Waals surface area contributed by atoms with Crippen LogP contribution in [0.1, 0.15) is 53.6 Å². The van der Waals surface area contributed by atoms with Crippen LogP contribution in [0.2, 0.25) is 0 Å². The van der Waals surface area contributed by atoms with Gasteiger partial charge in [-0.05, 0) is 60.4 Å². The smallest absolute Gasteiger partial charge is 0.331 e. The summed E-state index contributed by atoms with van der Waals surface area (Å²) in [6.07, 6.45) is 5.15. The lowest BCUT2D eigenvalue weighted by atomic mass is 9.93. The van der Waals surface area contributed by atoms with Crippen LogP contribution in [-0.4, -0.2) is 39.6 Å². The van der Waals surface area contributed by atoms with Crippen molar-refractivity contribution >= 4 is 16.8 Å². The Labute approximate surface area is 268 Å². The highest BCUT2D eigenvalue weighted by Gasteiger charge is 2.27. The molecule has 0 spiro atoms. The number of amides is 1. The molecule has 6 rings (SSSR count). The van der Waals surface area contributed by atoms with Crippen molar-refractivity contribution in [3.63, 3.8) is 0 Å². The fourth-order valence-electron chi connectivity index (χ4n) is 6.36. The van der Waals surface area contributed by atoms with Gasteiger partial charge in [-0.2, -0.15) is 0 Å². The Balaban J connectivity index is 1.42. The normalized spacial score (nSPS) is 13.4. The van der Waals surface area contributed by atoms with Crippen LogP contribution >= 0.6 is 0 Å². The van der Waals surface area contributed by atoms with E-state index < -0.39 is 5.69 Å². The molecule has 1 saturated carbocycles. The first-order valence-electron chi connectivity index (χ1n) is 16.0. The number of para-hydroxylation sites is 1. The molecule has 0 bridgehead atoms. The molecule has 1 amide bonds. The van der Waals surface area contributed by atoms with E-state index in [1.54, 1.807) is 29.9 Å². The maximum atomic E-state index is 14.3. The molecule has 5 aromatic rings. The van der Waals surface area contributed by atoms with Crippen LogP contribution in [0.5, 0.6) is 11.5 Å². The molecule has 1 fully saturated rings. The van der Waals surface area contributed by atoms with Crippen molar-refractivity contribution in [2.75, 3.05) is 13.7 Å². The Morgan fingerprint density at radius 1 is 0.783 bits per heavy atom. The van der Waals surface area contributed by atoms with E-state index in [1.165, 1.54) is 4.57 Å². The molecular formula is C38H39N3O5. The third-order valence-electron chi connectivity index (χ3n) is 8.80. The number of hydrogen-bond acceptors (Lipinski definition) is 5. The minimum atomic E-state index is -0.445. The number of nitrogens with zero attached hydrogens (tertiary/aromatic N) is 3. The lowest BCUT2D eigenvalue weighted by Crippen LogP contribution is -2.46. The lowest BCUT2D eigenvalue weighted by molar-refractivity contribution is 0.0624. The number of rotatable bonds is 11. The standard InChI is InChI=1S/C38H39N3O5/c1-45-32-22-20-28(21-23-32)26-41-37(43)33-18-11-19-34(46-27-29-12-5-2-6-13-29)35(33)40(38(41)44)25-24-39(31-16-9-4-10-17-31)36(42)30-14-7-3-8-15-30/h2-3,5-8,11-15,18-23,31H,4,9-10,16-17,24-27H2,1H3. The molecular weight excluding hydrogens is 578 g/mol. The Bertz CT molecular complexity index is 1890. The maximum absolute atomic E-state index is 14.3. The zero-order valence-electron chi connectivity index (χ0n) is 26.1. The zero-order valence-corrected chi connectivity index (χ0v) is 26.1. The van der Waals surface area contributed by atoms with Gasteiger partial charge in [-0.1, -0.05) is 86.0 Å². The third kappa shape index (κ3) is 6.76. The summed E-state index contributed by atoms with van der Waals surface area (Å²) in [4.78, 5) is 44.1. The van der Waals surface area contributed by atoms with Crippen molar-refractivity contribution in [3.05, 3.63) is 141 Å². The van der Waals surface area contributed by atoms with Crippen molar-refractivity contribution in [1.29, 1.82) is 0 Å². The average Bonchev–Trinajstić information content (AvgIpc) is 3.12. The summed E-state index contributed by atoms with van der Waals surface area (Å²) in [7, 11) is 1.60. The summed E-state index contributed by atoms with van der Waals surface area (Å²) in [5.74, 6) is 1.10. The molecule has 0 saturated heterocycles. The van der Waals surface area contributed by atoms with Crippen LogP contribution in [-0.2, 0) is 19.7 Å². The van der Waals surface area contributed by atoms with Crippen molar-refractivity contribution in [3.8, 4) is 11.5 Å². The number of fused-ring (bicyclic) bond motifs is 1. The van der Waals surface area contributed by atoms with Gasteiger partial charge >= 0.3 is 5.69 Å². The summed E-state index contributed by atoms with van der Waals surface area (Å²) < 4.78 is 14.5. The van der Waals surface area contributed by atoms with Gasteiger partial charge in [-0.25, -0.2) is 4.79 Å². The van der Waals surface area contributed by atoms with Crippen LogP contribution in [0.4, 0.5) is 0 Å². The van der Waals surface area contributed by atoms with Gasteiger partial charge in [-0.3, -0.25) is 18.7 Å². The number of carbonyl (C=O) groups excluding carboxylic acids is 1. The molecule has 1 aromatic heterocycles. The van der Waals surface area contributed by atoms with E-state index >= 15 is 0 Å². The molecule has 0 N–H and O–H groups in total. The Morgan fingerprint density at radius 2 is 1.48 bits per heavy atom. The summed E-state index contributed by atoms with van der Waals surface area (Å²) in [6, 6.07) is 31.8. The zero-order chi connectivity index (χ0) is 31.9. The molecule has 1 aliphatic rings. The van der Waals surface area contributed by atoms with E-state index in [1.807, 2.05) is 89.8 Å². The van der Waals surface area contributed by atoms with Crippen LogP contribution in [0.15, 0.2) is 113 Å². The van der Waals surface area contributed by atoms with E-state index in [2.05, 4.69) is 0 Å². The number of carbonyl (C=O) groups is 1. The second kappa shape index (κ2) is 14.3. The predicted molar refractivity (Wildman–Crippen MR) is 180 cm³/mol. The highest BCUT2D eigenvalue weighted by molar-refractivity contribution is 5.94. The van der Waals surface area contributed by atoms with Crippen LogP contribution in [0.25, 0.3) is 10.9 Å². The van der Waals surface area contributed by atoms with Crippen LogP contribution in [0.3, 0.4) is 0 Å². The first-order valence-corrected chi connectivity index (χ1v) is 16.0. The molecule has 8 nitrogen and oxygen atoms in total. The molecule has 8 heteroatoms. The molecule has 0 unspecified atom stereocenters. The molecule has 0 aliphatic heterocycles. The van der Waals surface area contributed by atoms with Gasteiger partial charge in [-0.15, -0.1) is 0 Å². The Kier molecular flexibility index (Phi) is 9.62. The first kappa shape index (κ1) is 30.9. The van der Waals surface area contributed by atoms with Crippen molar-refractivity contribution < 1.29 is 14.3 Å². The quantitative estimate of drug-likeness (QED) is 0.174. The number of ether oxygens (including phenoxy) is 2. The molecule has 4 aromatic carbocycles. The minimum Gasteiger partial charge on any atom is -0.497 e. The largest absolute Gasteiger partial charge is 0.497 e. The summed E-state index contributed by atoms with van der Waals surface area (Å²) in [6.45, 7) is 0.909. The van der Waals surface area contributed by atoms with E-state index in [0.717, 1.165) is 43.2 Å². The van der Waals surface area contributed by atoms with E-state index in [-0.39, 0.29) is 37.2 Å². The highest BCUT2D eigenvalue weighted by Crippen LogP contribution is 2.27. The second-order valence-corrected chi connectivity index (χ2v) is 11.8. The summed E-state index contributed by atoms with van der Waals surface area (Å²) in [5, 5.41) is 0.386. The van der Waals surface area contributed by atoms with Crippen molar-refractivity contribution in [1.82, 2.24) is 14.0 Å². The van der Waals surface area contributed by atoms with Crippen LogP contribution < -0.4 is 20.7 Å². The van der Waals surface area contributed by atoms with E-state index in [9.17, 15) is 14.4 Å². The SMILES string of the molecule is COc1ccc(Cn2c(=O)c3cccc(OCc4ccccc4)c3n(CCN(C(=O)c3ccccc3)C3CCCCC3)c2=O)cc1. The molecule has 1 aliphatic carbocycles. The predicted octanol–water partition coefficient (Wildman–Crippen LogP) is 6.27. The number of methoxy groups -OCH3 is 1.